The van der Waals surface area contributed by atoms with Gasteiger partial charge in [-0.05, 0) is 31.6 Å². The van der Waals surface area contributed by atoms with Gasteiger partial charge in [0.1, 0.15) is 6.29 Å². The van der Waals surface area contributed by atoms with E-state index in [9.17, 15) is 19.5 Å². The topological polar surface area (TPSA) is 83.5 Å². The Kier molecular flexibility index (Phi) is 3.50. The zero-order chi connectivity index (χ0) is 13.3. The number of carboxylic acid groups (broad SMARTS) is 1. The van der Waals surface area contributed by atoms with Gasteiger partial charge in [-0.3, -0.25) is 9.59 Å². The summed E-state index contributed by atoms with van der Waals surface area (Å²) in [5, 5.41) is 11.9. The first-order valence-electron chi connectivity index (χ1n) is 6.21. The lowest BCUT2D eigenvalue weighted by Crippen LogP contribution is -2.50. The van der Waals surface area contributed by atoms with E-state index in [-0.39, 0.29) is 17.7 Å². The van der Waals surface area contributed by atoms with Crippen molar-refractivity contribution in [1.29, 1.82) is 0 Å². The molecule has 18 heavy (non-hydrogen) atoms. The third kappa shape index (κ3) is 2.17. The molecule has 5 atom stereocenters. The third-order valence-electron chi connectivity index (χ3n) is 3.91. The van der Waals surface area contributed by atoms with Gasteiger partial charge < -0.3 is 15.2 Å². The Bertz CT molecular complexity index is 404. The molecule has 5 heteroatoms. The van der Waals surface area contributed by atoms with Crippen LogP contribution in [0.4, 0.5) is 0 Å². The van der Waals surface area contributed by atoms with Crippen LogP contribution in [0.15, 0.2) is 12.2 Å². The van der Waals surface area contributed by atoms with Crippen molar-refractivity contribution in [3.8, 4) is 0 Å². The maximum atomic E-state index is 12.1. The van der Waals surface area contributed by atoms with Gasteiger partial charge >= 0.3 is 5.97 Å². The molecule has 0 aliphatic heterocycles. The summed E-state index contributed by atoms with van der Waals surface area (Å²) in [5.41, 5.74) is 0. The highest BCUT2D eigenvalue weighted by Gasteiger charge is 2.48. The lowest BCUT2D eigenvalue weighted by Gasteiger charge is -2.42. The number of aldehydes is 1. The minimum absolute atomic E-state index is 0.0186. The fourth-order valence-corrected chi connectivity index (χ4v) is 3.04. The predicted octanol–water partition coefficient (Wildman–Crippen LogP) is 0.603. The van der Waals surface area contributed by atoms with Crippen LogP contribution < -0.4 is 5.32 Å². The lowest BCUT2D eigenvalue weighted by molar-refractivity contribution is -0.153. The van der Waals surface area contributed by atoms with Crippen LogP contribution in [0.25, 0.3) is 0 Å². The molecule has 98 valence electrons. The molecular formula is C13H17NO4. The summed E-state index contributed by atoms with van der Waals surface area (Å²) in [6.45, 7) is 1.58. The van der Waals surface area contributed by atoms with Crippen molar-refractivity contribution in [2.75, 3.05) is 0 Å². The van der Waals surface area contributed by atoms with E-state index >= 15 is 0 Å². The van der Waals surface area contributed by atoms with Crippen LogP contribution in [0.5, 0.6) is 0 Å². The number of nitrogens with one attached hydrogen (secondary N) is 1. The Balaban J connectivity index is 2.19. The monoisotopic (exact) mass is 251 g/mol. The van der Waals surface area contributed by atoms with Crippen LogP contribution in [0.1, 0.15) is 19.8 Å². The molecule has 5 nitrogen and oxygen atoms in total. The number of hydrogen-bond donors (Lipinski definition) is 2. The van der Waals surface area contributed by atoms with Crippen LogP contribution in [-0.2, 0) is 14.4 Å². The number of amides is 1. The zero-order valence-corrected chi connectivity index (χ0v) is 10.2. The molecule has 2 bridgehead atoms. The van der Waals surface area contributed by atoms with E-state index in [1.54, 1.807) is 6.92 Å². The number of carboxylic acids is 1. The molecule has 0 radical (unpaired) electrons. The van der Waals surface area contributed by atoms with Gasteiger partial charge in [0.05, 0.1) is 17.9 Å². The van der Waals surface area contributed by atoms with Gasteiger partial charge in [0.2, 0.25) is 5.91 Å². The van der Waals surface area contributed by atoms with Crippen LogP contribution in [0.2, 0.25) is 0 Å². The predicted molar refractivity (Wildman–Crippen MR) is 63.6 cm³/mol. The molecule has 3 rings (SSSR count). The van der Waals surface area contributed by atoms with Gasteiger partial charge in [-0.15, -0.1) is 0 Å². The van der Waals surface area contributed by atoms with Crippen LogP contribution >= 0.6 is 0 Å². The number of fused-ring (bicyclic) bond motifs is 2. The largest absolute Gasteiger partial charge is 0.481 e. The van der Waals surface area contributed by atoms with E-state index in [4.69, 9.17) is 0 Å². The SMILES string of the molecule is CC(C=O)NC(=O)C1C2C=CC(CC2)C1C(=O)O. The average molecular weight is 251 g/mol. The van der Waals surface area contributed by atoms with Crippen molar-refractivity contribution in [3.05, 3.63) is 12.2 Å². The second kappa shape index (κ2) is 4.92. The van der Waals surface area contributed by atoms with E-state index in [1.807, 2.05) is 12.2 Å². The van der Waals surface area contributed by atoms with E-state index in [0.717, 1.165) is 12.8 Å². The fourth-order valence-electron chi connectivity index (χ4n) is 3.04. The standard InChI is InChI=1S/C13H17NO4/c1-7(6-15)14-12(16)10-8-2-4-9(5-3-8)11(10)13(17)18/h2,4,6-11H,3,5H2,1H3,(H,14,16)(H,17,18). The minimum Gasteiger partial charge on any atom is -0.481 e. The smallest absolute Gasteiger partial charge is 0.307 e. The first-order valence-corrected chi connectivity index (χ1v) is 6.21. The molecule has 0 aromatic heterocycles. The van der Waals surface area contributed by atoms with Crippen LogP contribution in [0, 0.1) is 23.7 Å². The molecule has 0 saturated heterocycles. The molecule has 0 spiro atoms. The first kappa shape index (κ1) is 12.8. The molecule has 2 N–H and O–H groups in total. The third-order valence-corrected chi connectivity index (χ3v) is 3.91. The van der Waals surface area contributed by atoms with Crippen LogP contribution in [-0.4, -0.2) is 29.3 Å². The Morgan fingerprint density at radius 3 is 2.28 bits per heavy atom. The van der Waals surface area contributed by atoms with Crippen molar-refractivity contribution < 1.29 is 19.5 Å². The van der Waals surface area contributed by atoms with Gasteiger partial charge in [0, 0.05) is 0 Å². The molecule has 0 aromatic rings. The summed E-state index contributed by atoms with van der Waals surface area (Å²) < 4.78 is 0. The van der Waals surface area contributed by atoms with E-state index < -0.39 is 23.8 Å². The molecule has 1 amide bonds. The van der Waals surface area contributed by atoms with Crippen molar-refractivity contribution in [2.24, 2.45) is 23.7 Å². The maximum Gasteiger partial charge on any atom is 0.307 e. The molecule has 1 saturated carbocycles. The fraction of sp³-hybridized carbons (Fsp3) is 0.615. The van der Waals surface area contributed by atoms with Crippen molar-refractivity contribution in [1.82, 2.24) is 5.32 Å². The number of aliphatic carboxylic acids is 1. The number of carbonyl (C=O) groups is 3. The molecule has 3 aliphatic carbocycles. The van der Waals surface area contributed by atoms with E-state index in [1.165, 1.54) is 0 Å². The van der Waals surface area contributed by atoms with Crippen molar-refractivity contribution in [2.45, 2.75) is 25.8 Å². The molecule has 0 heterocycles. The summed E-state index contributed by atoms with van der Waals surface area (Å²) in [7, 11) is 0. The van der Waals surface area contributed by atoms with Crippen molar-refractivity contribution in [3.63, 3.8) is 0 Å². The maximum absolute atomic E-state index is 12.1. The highest BCUT2D eigenvalue weighted by Crippen LogP contribution is 2.45. The molecule has 1 fully saturated rings. The highest BCUT2D eigenvalue weighted by atomic mass is 16.4. The molecule has 0 aromatic carbocycles. The van der Waals surface area contributed by atoms with Gasteiger partial charge in [0.25, 0.3) is 0 Å². The van der Waals surface area contributed by atoms with Crippen molar-refractivity contribution >= 4 is 18.2 Å². The Morgan fingerprint density at radius 2 is 1.83 bits per heavy atom. The molecular weight excluding hydrogens is 234 g/mol. The summed E-state index contributed by atoms with van der Waals surface area (Å²) in [5.74, 6) is -2.53. The molecule has 5 unspecified atom stereocenters. The number of hydrogen-bond acceptors (Lipinski definition) is 3. The zero-order valence-electron chi connectivity index (χ0n) is 10.2. The summed E-state index contributed by atoms with van der Waals surface area (Å²) in [4.78, 5) is 34.0. The average Bonchev–Trinajstić information content (AvgIpc) is 2.38. The van der Waals surface area contributed by atoms with Gasteiger partial charge in [-0.2, -0.15) is 0 Å². The summed E-state index contributed by atoms with van der Waals surface area (Å²) in [6, 6.07) is -0.573. The Morgan fingerprint density at radius 1 is 1.28 bits per heavy atom. The number of allylic oxidation sites excluding steroid dienone is 2. The van der Waals surface area contributed by atoms with E-state index in [0.29, 0.717) is 6.29 Å². The van der Waals surface area contributed by atoms with Gasteiger partial charge in [-0.1, -0.05) is 12.2 Å². The summed E-state index contributed by atoms with van der Waals surface area (Å²) in [6.07, 6.45) is 6.18. The second-order valence-electron chi connectivity index (χ2n) is 5.11. The quantitative estimate of drug-likeness (QED) is 0.566. The highest BCUT2D eigenvalue weighted by molar-refractivity contribution is 5.87. The first-order chi connectivity index (χ1) is 8.54. The minimum atomic E-state index is -0.923. The Hall–Kier alpha value is -1.65. The Labute approximate surface area is 105 Å². The van der Waals surface area contributed by atoms with Gasteiger partial charge in [-0.25, -0.2) is 0 Å². The molecule has 3 aliphatic rings. The van der Waals surface area contributed by atoms with Crippen LogP contribution in [0.3, 0.4) is 0 Å². The normalized spacial score (nSPS) is 34.9. The number of rotatable bonds is 4. The summed E-state index contributed by atoms with van der Waals surface area (Å²) >= 11 is 0. The number of carbonyl (C=O) groups excluding carboxylic acids is 2. The van der Waals surface area contributed by atoms with Gasteiger partial charge in [0.15, 0.2) is 0 Å². The van der Waals surface area contributed by atoms with E-state index in [2.05, 4.69) is 5.32 Å². The lowest BCUT2D eigenvalue weighted by atomic mass is 9.62. The second-order valence-corrected chi connectivity index (χ2v) is 5.11.